The summed E-state index contributed by atoms with van der Waals surface area (Å²) in [5, 5.41) is 8.32. The van der Waals surface area contributed by atoms with Gasteiger partial charge in [-0.3, -0.25) is 0 Å². The van der Waals surface area contributed by atoms with Crippen molar-refractivity contribution in [1.82, 2.24) is 4.90 Å². The van der Waals surface area contributed by atoms with E-state index in [-0.39, 0.29) is 12.1 Å². The summed E-state index contributed by atoms with van der Waals surface area (Å²) in [4.78, 5) is 16.0. The van der Waals surface area contributed by atoms with E-state index >= 15 is 0 Å². The van der Waals surface area contributed by atoms with Crippen LogP contribution in [0.2, 0.25) is 0 Å². The molecular formula is C32H36N2O. The molecule has 4 aromatic carbocycles. The van der Waals surface area contributed by atoms with Crippen molar-refractivity contribution >= 4 is 33.3 Å². The minimum absolute atomic E-state index is 0.0183. The summed E-state index contributed by atoms with van der Waals surface area (Å²) in [6.45, 7) is 6.90. The zero-order chi connectivity index (χ0) is 24.4. The summed E-state index contributed by atoms with van der Waals surface area (Å²) in [6.07, 6.45) is 7.07. The number of anilines is 1. The molecule has 4 aromatic rings. The Kier molecular flexibility index (Phi) is 6.77. The van der Waals surface area contributed by atoms with Crippen molar-refractivity contribution in [1.29, 1.82) is 0 Å². The summed E-state index contributed by atoms with van der Waals surface area (Å²) in [5.74, 6) is 0. The quantitative estimate of drug-likeness (QED) is 0.238. The van der Waals surface area contributed by atoms with Crippen LogP contribution in [0.4, 0.5) is 10.5 Å². The Bertz CT molecular complexity index is 1340. The first-order valence-corrected chi connectivity index (χ1v) is 13.1. The largest absolute Gasteiger partial charge is 0.322 e. The van der Waals surface area contributed by atoms with Crippen LogP contribution in [0.5, 0.6) is 0 Å². The number of carbonyl (C=O) groups is 1. The fourth-order valence-electron chi connectivity index (χ4n) is 5.92. The van der Waals surface area contributed by atoms with E-state index in [2.05, 4.69) is 97.7 Å². The molecule has 3 heteroatoms. The highest BCUT2D eigenvalue weighted by molar-refractivity contribution is 6.08. The Morgan fingerprint density at radius 2 is 1.49 bits per heavy atom. The number of hydrogen-bond acceptors (Lipinski definition) is 1. The number of nitrogens with zero attached hydrogens (tertiary/aromatic N) is 1. The average molecular weight is 465 g/mol. The van der Waals surface area contributed by atoms with Crippen LogP contribution in [0, 0.1) is 20.8 Å². The molecule has 0 aliphatic heterocycles. The second-order valence-electron chi connectivity index (χ2n) is 10.3. The summed E-state index contributed by atoms with van der Waals surface area (Å²) in [6, 6.07) is 24.1. The second kappa shape index (κ2) is 10.1. The molecule has 0 saturated heterocycles. The molecule has 0 unspecified atom stereocenters. The Balaban J connectivity index is 1.52. The number of carbonyl (C=O) groups excluding carboxylic acids is 1. The Labute approximate surface area is 209 Å². The second-order valence-corrected chi connectivity index (χ2v) is 10.3. The molecule has 1 fully saturated rings. The lowest BCUT2D eigenvalue weighted by Gasteiger charge is -2.32. The fraction of sp³-hybridized carbons (Fsp3) is 0.344. The van der Waals surface area contributed by atoms with Gasteiger partial charge in [0.2, 0.25) is 0 Å². The summed E-state index contributed by atoms with van der Waals surface area (Å²) >= 11 is 0. The van der Waals surface area contributed by atoms with E-state index in [0.717, 1.165) is 29.7 Å². The molecule has 1 aliphatic rings. The molecule has 1 aliphatic carbocycles. The summed E-state index contributed by atoms with van der Waals surface area (Å²) < 4.78 is 0. The Morgan fingerprint density at radius 3 is 2.23 bits per heavy atom. The number of nitrogens with one attached hydrogen (secondary N) is 1. The van der Waals surface area contributed by atoms with Crippen LogP contribution in [-0.4, -0.2) is 17.0 Å². The zero-order valence-electron chi connectivity index (χ0n) is 21.2. The van der Waals surface area contributed by atoms with E-state index in [1.54, 1.807) is 0 Å². The van der Waals surface area contributed by atoms with Crippen molar-refractivity contribution in [3.8, 4) is 0 Å². The van der Waals surface area contributed by atoms with Crippen LogP contribution in [-0.2, 0) is 6.54 Å². The topological polar surface area (TPSA) is 32.3 Å². The SMILES string of the molecule is Cc1cc(C)c(NC(=O)N(Cc2cccc3c2ccc2ccccc23)C2CCCCCC2)c(C)c1. The first-order valence-electron chi connectivity index (χ1n) is 13.1. The van der Waals surface area contributed by atoms with Gasteiger partial charge in [-0.1, -0.05) is 98.0 Å². The lowest BCUT2D eigenvalue weighted by Crippen LogP contribution is -2.42. The van der Waals surface area contributed by atoms with E-state index in [0.29, 0.717) is 6.54 Å². The third-order valence-corrected chi connectivity index (χ3v) is 7.65. The first-order chi connectivity index (χ1) is 17.0. The lowest BCUT2D eigenvalue weighted by molar-refractivity contribution is 0.176. The van der Waals surface area contributed by atoms with E-state index in [1.165, 1.54) is 58.4 Å². The average Bonchev–Trinajstić information content (AvgIpc) is 3.14. The van der Waals surface area contributed by atoms with Crippen LogP contribution >= 0.6 is 0 Å². The molecule has 2 amide bonds. The van der Waals surface area contributed by atoms with Crippen LogP contribution < -0.4 is 5.32 Å². The molecule has 0 bridgehead atoms. The maximum atomic E-state index is 13.9. The molecule has 1 N–H and O–H groups in total. The van der Waals surface area contributed by atoms with Gasteiger partial charge in [-0.15, -0.1) is 0 Å². The summed E-state index contributed by atoms with van der Waals surface area (Å²) in [7, 11) is 0. The number of hydrogen-bond donors (Lipinski definition) is 1. The van der Waals surface area contributed by atoms with Gasteiger partial charge in [-0.05, 0) is 71.8 Å². The minimum atomic E-state index is 0.0183. The normalized spacial score (nSPS) is 14.7. The smallest absolute Gasteiger partial charge is 0.317 e. The highest BCUT2D eigenvalue weighted by atomic mass is 16.2. The van der Waals surface area contributed by atoms with Crippen LogP contribution in [0.15, 0.2) is 66.7 Å². The monoisotopic (exact) mass is 464 g/mol. The number of fused-ring (bicyclic) bond motifs is 3. The van der Waals surface area contributed by atoms with E-state index in [9.17, 15) is 4.79 Å². The highest BCUT2D eigenvalue weighted by Crippen LogP contribution is 2.31. The van der Waals surface area contributed by atoms with Crippen LogP contribution in [0.3, 0.4) is 0 Å². The van der Waals surface area contributed by atoms with Crippen molar-refractivity contribution < 1.29 is 4.79 Å². The van der Waals surface area contributed by atoms with Crippen molar-refractivity contribution in [2.24, 2.45) is 0 Å². The minimum Gasteiger partial charge on any atom is -0.317 e. The van der Waals surface area contributed by atoms with Gasteiger partial charge in [0.15, 0.2) is 0 Å². The van der Waals surface area contributed by atoms with Crippen molar-refractivity contribution in [2.75, 3.05) is 5.32 Å². The van der Waals surface area contributed by atoms with Crippen LogP contribution in [0.25, 0.3) is 21.5 Å². The molecule has 180 valence electrons. The van der Waals surface area contributed by atoms with E-state index in [1.807, 2.05) is 0 Å². The maximum absolute atomic E-state index is 13.9. The standard InChI is InChI=1S/C32H36N2O/c1-22-19-23(2)31(24(3)20-22)33-32(35)34(27-13-6-4-5-7-14-27)21-26-12-10-16-30-28-15-9-8-11-25(28)17-18-29(26)30/h8-12,15-20,27H,4-7,13-14,21H2,1-3H3,(H,33,35). The maximum Gasteiger partial charge on any atom is 0.322 e. The van der Waals surface area contributed by atoms with Gasteiger partial charge in [0.25, 0.3) is 0 Å². The number of amides is 2. The Hall–Kier alpha value is -3.33. The Morgan fingerprint density at radius 1 is 0.800 bits per heavy atom. The first kappa shape index (κ1) is 23.4. The predicted octanol–water partition coefficient (Wildman–Crippen LogP) is 8.68. The third-order valence-electron chi connectivity index (χ3n) is 7.65. The van der Waals surface area contributed by atoms with E-state index < -0.39 is 0 Å². The molecule has 0 radical (unpaired) electrons. The van der Waals surface area contributed by atoms with Crippen molar-refractivity contribution in [2.45, 2.75) is 71.9 Å². The molecule has 3 nitrogen and oxygen atoms in total. The molecule has 35 heavy (non-hydrogen) atoms. The fourth-order valence-corrected chi connectivity index (χ4v) is 5.92. The molecule has 0 atom stereocenters. The molecule has 1 saturated carbocycles. The highest BCUT2D eigenvalue weighted by Gasteiger charge is 2.26. The van der Waals surface area contributed by atoms with E-state index in [4.69, 9.17) is 0 Å². The number of urea groups is 1. The van der Waals surface area contributed by atoms with Gasteiger partial charge < -0.3 is 10.2 Å². The predicted molar refractivity (Wildman–Crippen MR) is 148 cm³/mol. The number of rotatable bonds is 4. The molecular weight excluding hydrogens is 428 g/mol. The molecule has 0 heterocycles. The number of benzene rings is 4. The van der Waals surface area contributed by atoms with Gasteiger partial charge in [0.05, 0.1) is 0 Å². The van der Waals surface area contributed by atoms with Crippen molar-refractivity contribution in [3.63, 3.8) is 0 Å². The molecule has 0 spiro atoms. The van der Waals surface area contributed by atoms with Gasteiger partial charge in [0.1, 0.15) is 0 Å². The number of aryl methyl sites for hydroxylation is 3. The zero-order valence-corrected chi connectivity index (χ0v) is 21.2. The van der Waals surface area contributed by atoms with Crippen molar-refractivity contribution in [3.05, 3.63) is 89.0 Å². The summed E-state index contributed by atoms with van der Waals surface area (Å²) in [5.41, 5.74) is 5.62. The lowest BCUT2D eigenvalue weighted by atomic mass is 9.97. The van der Waals surface area contributed by atoms with Crippen LogP contribution in [0.1, 0.15) is 60.8 Å². The van der Waals surface area contributed by atoms with Gasteiger partial charge in [0, 0.05) is 18.3 Å². The molecule has 5 rings (SSSR count). The van der Waals surface area contributed by atoms with Gasteiger partial charge >= 0.3 is 6.03 Å². The van der Waals surface area contributed by atoms with Gasteiger partial charge in [-0.2, -0.15) is 0 Å². The third kappa shape index (κ3) is 4.91. The van der Waals surface area contributed by atoms with Gasteiger partial charge in [-0.25, -0.2) is 4.79 Å². The molecule has 0 aromatic heterocycles.